The van der Waals surface area contributed by atoms with Crippen molar-refractivity contribution in [1.82, 2.24) is 5.32 Å². The van der Waals surface area contributed by atoms with Crippen LogP contribution < -0.4 is 10.1 Å². The number of nitrogens with one attached hydrogen (secondary N) is 1. The van der Waals surface area contributed by atoms with Crippen LogP contribution in [0.3, 0.4) is 0 Å². The van der Waals surface area contributed by atoms with Crippen LogP contribution in [0.4, 0.5) is 0 Å². The molecule has 1 heterocycles. The lowest BCUT2D eigenvalue weighted by Gasteiger charge is -2.26. The van der Waals surface area contributed by atoms with Gasteiger partial charge < -0.3 is 15.2 Å². The fourth-order valence-corrected chi connectivity index (χ4v) is 3.03. The maximum atomic E-state index is 12.1. The zero-order valence-corrected chi connectivity index (χ0v) is 13.9. The largest absolute Gasteiger partial charge is 0.493 e. The van der Waals surface area contributed by atoms with Gasteiger partial charge in [0, 0.05) is 18.9 Å². The van der Waals surface area contributed by atoms with Gasteiger partial charge in [0.15, 0.2) is 0 Å². The number of carboxylic acids is 1. The summed E-state index contributed by atoms with van der Waals surface area (Å²) < 4.78 is 5.64. The Morgan fingerprint density at radius 3 is 2.64 bits per heavy atom. The van der Waals surface area contributed by atoms with Gasteiger partial charge in [0.05, 0.1) is 12.2 Å². The highest BCUT2D eigenvalue weighted by atomic mass is 16.5. The highest BCUT2D eigenvalue weighted by Crippen LogP contribution is 2.32. The van der Waals surface area contributed by atoms with Crippen molar-refractivity contribution in [2.75, 3.05) is 13.2 Å². The molecular formula is C20H21NO4. The Bertz CT molecular complexity index is 755. The molecule has 2 aromatic carbocycles. The van der Waals surface area contributed by atoms with Gasteiger partial charge in [-0.2, -0.15) is 0 Å². The molecule has 1 amide bonds. The molecule has 130 valence electrons. The number of carbonyl (C=O) groups is 2. The number of fused-ring (bicyclic) bond motifs is 1. The van der Waals surface area contributed by atoms with E-state index < -0.39 is 5.97 Å². The average molecular weight is 339 g/mol. The number of para-hydroxylation sites is 1. The third kappa shape index (κ3) is 4.38. The van der Waals surface area contributed by atoms with Gasteiger partial charge in [0.1, 0.15) is 5.75 Å². The van der Waals surface area contributed by atoms with Crippen LogP contribution in [0, 0.1) is 0 Å². The first-order valence-electron chi connectivity index (χ1n) is 8.44. The van der Waals surface area contributed by atoms with E-state index in [1.807, 2.05) is 18.2 Å². The Morgan fingerprint density at radius 2 is 1.88 bits per heavy atom. The molecule has 0 spiro atoms. The molecule has 2 N–H and O–H groups in total. The highest BCUT2D eigenvalue weighted by Gasteiger charge is 2.21. The van der Waals surface area contributed by atoms with E-state index in [-0.39, 0.29) is 17.4 Å². The molecule has 1 unspecified atom stereocenters. The standard InChI is InChI=1S/C20H21NO4/c22-19(10-7-14-5-8-15(9-6-14)20(23)24)21-13-16-11-12-25-18-4-2-1-3-17(16)18/h1-6,8-9,16H,7,10-13H2,(H,21,22)(H,23,24). The second kappa shape index (κ2) is 7.83. The molecule has 1 aliphatic heterocycles. The molecule has 5 heteroatoms. The van der Waals surface area contributed by atoms with Crippen molar-refractivity contribution in [3.8, 4) is 5.75 Å². The number of benzene rings is 2. The molecule has 2 aromatic rings. The Kier molecular flexibility index (Phi) is 5.33. The fourth-order valence-electron chi connectivity index (χ4n) is 3.03. The summed E-state index contributed by atoms with van der Waals surface area (Å²) in [5.74, 6) is 0.252. The SMILES string of the molecule is O=C(CCc1ccc(C(=O)O)cc1)NCC1CCOc2ccccc21. The summed E-state index contributed by atoms with van der Waals surface area (Å²) in [6.45, 7) is 1.28. The number of amides is 1. The van der Waals surface area contributed by atoms with Crippen LogP contribution in [-0.4, -0.2) is 30.1 Å². The number of carboxylic acid groups (broad SMARTS) is 1. The van der Waals surface area contributed by atoms with Crippen LogP contribution in [-0.2, 0) is 11.2 Å². The molecule has 0 radical (unpaired) electrons. The monoisotopic (exact) mass is 339 g/mol. The van der Waals surface area contributed by atoms with Crippen molar-refractivity contribution in [2.45, 2.75) is 25.2 Å². The van der Waals surface area contributed by atoms with Crippen LogP contribution in [0.5, 0.6) is 5.75 Å². The Hall–Kier alpha value is -2.82. The van der Waals surface area contributed by atoms with E-state index in [1.165, 1.54) is 0 Å². The van der Waals surface area contributed by atoms with Crippen molar-refractivity contribution in [3.05, 3.63) is 65.2 Å². The first-order chi connectivity index (χ1) is 12.1. The Labute approximate surface area is 146 Å². The van der Waals surface area contributed by atoms with Gasteiger partial charge in [-0.1, -0.05) is 30.3 Å². The maximum Gasteiger partial charge on any atom is 0.335 e. The van der Waals surface area contributed by atoms with E-state index >= 15 is 0 Å². The number of aromatic carboxylic acids is 1. The fraction of sp³-hybridized carbons (Fsp3) is 0.300. The van der Waals surface area contributed by atoms with Gasteiger partial charge in [-0.25, -0.2) is 4.79 Å². The van der Waals surface area contributed by atoms with E-state index in [9.17, 15) is 9.59 Å². The van der Waals surface area contributed by atoms with E-state index in [0.29, 0.717) is 26.0 Å². The predicted octanol–water partition coefficient (Wildman–Crippen LogP) is 3.00. The molecule has 5 nitrogen and oxygen atoms in total. The van der Waals surface area contributed by atoms with Crippen molar-refractivity contribution >= 4 is 11.9 Å². The van der Waals surface area contributed by atoms with Gasteiger partial charge in [-0.05, 0) is 42.2 Å². The molecule has 0 aliphatic carbocycles. The summed E-state index contributed by atoms with van der Waals surface area (Å²) in [6, 6.07) is 14.6. The summed E-state index contributed by atoms with van der Waals surface area (Å²) in [5.41, 5.74) is 2.36. The number of carbonyl (C=O) groups excluding carboxylic acids is 1. The van der Waals surface area contributed by atoms with Crippen LogP contribution in [0.15, 0.2) is 48.5 Å². The summed E-state index contributed by atoms with van der Waals surface area (Å²) in [4.78, 5) is 22.9. The number of rotatable bonds is 6. The van der Waals surface area contributed by atoms with Gasteiger partial charge in [0.25, 0.3) is 0 Å². The molecule has 25 heavy (non-hydrogen) atoms. The molecule has 0 fully saturated rings. The van der Waals surface area contributed by atoms with E-state index in [1.54, 1.807) is 24.3 Å². The third-order valence-corrected chi connectivity index (χ3v) is 4.47. The van der Waals surface area contributed by atoms with E-state index in [0.717, 1.165) is 23.3 Å². The third-order valence-electron chi connectivity index (χ3n) is 4.47. The van der Waals surface area contributed by atoms with Crippen molar-refractivity contribution in [2.24, 2.45) is 0 Å². The maximum absolute atomic E-state index is 12.1. The van der Waals surface area contributed by atoms with Crippen LogP contribution in [0.1, 0.15) is 40.2 Å². The van der Waals surface area contributed by atoms with Gasteiger partial charge in [-0.3, -0.25) is 4.79 Å². The van der Waals surface area contributed by atoms with Gasteiger partial charge in [-0.15, -0.1) is 0 Å². The molecule has 0 bridgehead atoms. The second-order valence-electron chi connectivity index (χ2n) is 6.18. The van der Waals surface area contributed by atoms with E-state index in [2.05, 4.69) is 11.4 Å². The van der Waals surface area contributed by atoms with Crippen LogP contribution >= 0.6 is 0 Å². The quantitative estimate of drug-likeness (QED) is 0.848. The smallest absolute Gasteiger partial charge is 0.335 e. The predicted molar refractivity (Wildman–Crippen MR) is 94.0 cm³/mol. The van der Waals surface area contributed by atoms with Crippen LogP contribution in [0.2, 0.25) is 0 Å². The van der Waals surface area contributed by atoms with E-state index in [4.69, 9.17) is 9.84 Å². The number of ether oxygens (including phenoxy) is 1. The lowest BCUT2D eigenvalue weighted by atomic mass is 9.93. The van der Waals surface area contributed by atoms with Crippen LogP contribution in [0.25, 0.3) is 0 Å². The molecule has 0 saturated heterocycles. The molecule has 1 atom stereocenters. The van der Waals surface area contributed by atoms with Crippen molar-refractivity contribution in [3.63, 3.8) is 0 Å². The van der Waals surface area contributed by atoms with Crippen molar-refractivity contribution in [1.29, 1.82) is 0 Å². The number of hydrogen-bond acceptors (Lipinski definition) is 3. The topological polar surface area (TPSA) is 75.6 Å². The summed E-state index contributed by atoms with van der Waals surface area (Å²) in [6.07, 6.45) is 1.88. The minimum absolute atomic E-state index is 0.00582. The molecule has 0 aromatic heterocycles. The zero-order valence-electron chi connectivity index (χ0n) is 13.9. The number of hydrogen-bond donors (Lipinski definition) is 2. The Morgan fingerprint density at radius 1 is 1.12 bits per heavy atom. The van der Waals surface area contributed by atoms with Gasteiger partial charge in [0.2, 0.25) is 5.91 Å². The molecule has 0 saturated carbocycles. The highest BCUT2D eigenvalue weighted by molar-refractivity contribution is 5.87. The number of aryl methyl sites for hydroxylation is 1. The van der Waals surface area contributed by atoms with Crippen molar-refractivity contribution < 1.29 is 19.4 Å². The minimum atomic E-state index is -0.943. The lowest BCUT2D eigenvalue weighted by molar-refractivity contribution is -0.121. The first-order valence-corrected chi connectivity index (χ1v) is 8.44. The second-order valence-corrected chi connectivity index (χ2v) is 6.18. The summed E-state index contributed by atoms with van der Waals surface area (Å²) >= 11 is 0. The zero-order chi connectivity index (χ0) is 17.6. The minimum Gasteiger partial charge on any atom is -0.493 e. The summed E-state index contributed by atoms with van der Waals surface area (Å²) in [5, 5.41) is 11.9. The molecule has 1 aliphatic rings. The normalized spacial score (nSPS) is 15.8. The summed E-state index contributed by atoms with van der Waals surface area (Å²) in [7, 11) is 0. The van der Waals surface area contributed by atoms with Gasteiger partial charge >= 0.3 is 5.97 Å². The first kappa shape index (κ1) is 17.0. The molecule has 3 rings (SSSR count). The Balaban J connectivity index is 1.48. The molecular weight excluding hydrogens is 318 g/mol. The lowest BCUT2D eigenvalue weighted by Crippen LogP contribution is -2.30. The average Bonchev–Trinajstić information content (AvgIpc) is 2.65.